The number of aromatic nitrogens is 2. The van der Waals surface area contributed by atoms with Crippen molar-refractivity contribution in [2.45, 2.75) is 53.1 Å². The smallest absolute Gasteiger partial charge is 0.111 e. The van der Waals surface area contributed by atoms with Crippen LogP contribution in [0, 0.1) is 5.92 Å². The molecule has 2 rings (SSSR count). The number of fused-ring (bicyclic) bond motifs is 1. The van der Waals surface area contributed by atoms with Gasteiger partial charge in [-0.2, -0.15) is 0 Å². The van der Waals surface area contributed by atoms with Crippen LogP contribution in [0.5, 0.6) is 0 Å². The van der Waals surface area contributed by atoms with Crippen LogP contribution in [-0.4, -0.2) is 16.1 Å². The molecule has 0 saturated heterocycles. The third-order valence-corrected chi connectivity index (χ3v) is 3.08. The molecule has 3 nitrogen and oxygen atoms in total. The Hall–Kier alpha value is -0.830. The van der Waals surface area contributed by atoms with Gasteiger partial charge in [0.15, 0.2) is 0 Å². The number of hydrogen-bond donors (Lipinski definition) is 1. The number of nitrogens with zero attached hydrogens (tertiary/aromatic N) is 2. The molecule has 0 aromatic carbocycles. The van der Waals surface area contributed by atoms with Gasteiger partial charge in [0.05, 0.1) is 5.69 Å². The van der Waals surface area contributed by atoms with Crippen LogP contribution in [-0.2, 0) is 19.5 Å². The average molecular weight is 221 g/mol. The first-order valence-corrected chi connectivity index (χ1v) is 6.38. The van der Waals surface area contributed by atoms with E-state index in [1.165, 1.54) is 17.2 Å². The highest BCUT2D eigenvalue weighted by Gasteiger charge is 2.21. The van der Waals surface area contributed by atoms with E-state index >= 15 is 0 Å². The molecule has 0 saturated carbocycles. The summed E-state index contributed by atoms with van der Waals surface area (Å²) in [6.07, 6.45) is 1.13. The Morgan fingerprint density at radius 2 is 2.06 bits per heavy atom. The fourth-order valence-electron chi connectivity index (χ4n) is 2.40. The van der Waals surface area contributed by atoms with E-state index in [0.29, 0.717) is 11.8 Å². The summed E-state index contributed by atoms with van der Waals surface area (Å²) in [6.45, 7) is 12.2. The third kappa shape index (κ3) is 2.14. The summed E-state index contributed by atoms with van der Waals surface area (Å²) >= 11 is 0. The predicted molar refractivity (Wildman–Crippen MR) is 66.6 cm³/mol. The minimum absolute atomic E-state index is 0.518. The van der Waals surface area contributed by atoms with Crippen LogP contribution >= 0.6 is 0 Å². The summed E-state index contributed by atoms with van der Waals surface area (Å²) in [5, 5.41) is 3.40. The Balaban J connectivity index is 2.40. The number of imidazole rings is 1. The molecule has 0 aliphatic carbocycles. The second-order valence-corrected chi connectivity index (χ2v) is 5.45. The van der Waals surface area contributed by atoms with Crippen LogP contribution < -0.4 is 5.32 Å². The third-order valence-electron chi connectivity index (χ3n) is 3.08. The molecule has 1 N–H and O–H groups in total. The van der Waals surface area contributed by atoms with Crippen molar-refractivity contribution >= 4 is 0 Å². The molecule has 3 heteroatoms. The van der Waals surface area contributed by atoms with E-state index in [2.05, 4.69) is 37.6 Å². The van der Waals surface area contributed by atoms with Gasteiger partial charge in [-0.05, 0) is 5.92 Å². The van der Waals surface area contributed by atoms with E-state index in [4.69, 9.17) is 4.98 Å². The zero-order valence-corrected chi connectivity index (χ0v) is 10.9. The van der Waals surface area contributed by atoms with E-state index in [0.717, 1.165) is 26.1 Å². The van der Waals surface area contributed by atoms with Crippen molar-refractivity contribution in [2.75, 3.05) is 6.54 Å². The summed E-state index contributed by atoms with van der Waals surface area (Å²) in [5.41, 5.74) is 2.74. The number of nitrogens with one attached hydrogen (secondary N) is 1. The summed E-state index contributed by atoms with van der Waals surface area (Å²) in [6, 6.07) is 0. The maximum absolute atomic E-state index is 4.80. The maximum atomic E-state index is 4.80. The molecule has 0 radical (unpaired) electrons. The van der Waals surface area contributed by atoms with E-state index in [9.17, 15) is 0 Å². The molecule has 0 fully saturated rings. The Labute approximate surface area is 98.3 Å². The van der Waals surface area contributed by atoms with E-state index in [1.54, 1.807) is 0 Å². The number of hydrogen-bond acceptors (Lipinski definition) is 2. The van der Waals surface area contributed by atoms with Crippen molar-refractivity contribution in [3.8, 4) is 0 Å². The monoisotopic (exact) mass is 221 g/mol. The Morgan fingerprint density at radius 3 is 2.69 bits per heavy atom. The molecule has 1 aliphatic rings. The summed E-state index contributed by atoms with van der Waals surface area (Å²) < 4.78 is 2.46. The van der Waals surface area contributed by atoms with Gasteiger partial charge >= 0.3 is 0 Å². The first-order valence-electron chi connectivity index (χ1n) is 6.38. The van der Waals surface area contributed by atoms with Gasteiger partial charge in [-0.25, -0.2) is 4.98 Å². The van der Waals surface area contributed by atoms with Gasteiger partial charge in [0.25, 0.3) is 0 Å². The molecule has 1 aromatic rings. The Morgan fingerprint density at radius 1 is 1.31 bits per heavy atom. The first-order chi connectivity index (χ1) is 7.59. The van der Waals surface area contributed by atoms with Gasteiger partial charge in [0.2, 0.25) is 0 Å². The fraction of sp³-hybridized carbons (Fsp3) is 0.769. The lowest BCUT2D eigenvalue weighted by atomic mass is 10.1. The molecular weight excluding hydrogens is 198 g/mol. The van der Waals surface area contributed by atoms with Crippen LogP contribution in [0.4, 0.5) is 0 Å². The van der Waals surface area contributed by atoms with Gasteiger partial charge in [-0.1, -0.05) is 27.7 Å². The quantitative estimate of drug-likeness (QED) is 0.849. The van der Waals surface area contributed by atoms with Crippen molar-refractivity contribution < 1.29 is 0 Å². The van der Waals surface area contributed by atoms with Crippen LogP contribution in [0.15, 0.2) is 0 Å². The van der Waals surface area contributed by atoms with Gasteiger partial charge in [0.1, 0.15) is 5.82 Å². The van der Waals surface area contributed by atoms with Gasteiger partial charge in [0, 0.05) is 37.7 Å². The lowest BCUT2D eigenvalue weighted by Gasteiger charge is -2.18. The van der Waals surface area contributed by atoms with Crippen molar-refractivity contribution in [1.82, 2.24) is 14.9 Å². The summed E-state index contributed by atoms with van der Waals surface area (Å²) in [5.74, 6) is 2.47. The van der Waals surface area contributed by atoms with Crippen LogP contribution in [0.25, 0.3) is 0 Å². The van der Waals surface area contributed by atoms with Crippen LogP contribution in [0.2, 0.25) is 0 Å². The summed E-state index contributed by atoms with van der Waals surface area (Å²) in [7, 11) is 0. The predicted octanol–water partition coefficient (Wildman–Crippen LogP) is 2.31. The maximum Gasteiger partial charge on any atom is 0.111 e. The normalized spacial score (nSPS) is 15.9. The zero-order valence-electron chi connectivity index (χ0n) is 10.9. The van der Waals surface area contributed by atoms with Crippen molar-refractivity contribution in [3.63, 3.8) is 0 Å². The molecule has 90 valence electrons. The molecule has 0 unspecified atom stereocenters. The van der Waals surface area contributed by atoms with Crippen molar-refractivity contribution in [2.24, 2.45) is 5.92 Å². The Bertz CT molecular complexity index is 363. The molecule has 1 aliphatic heterocycles. The lowest BCUT2D eigenvalue weighted by molar-refractivity contribution is 0.478. The van der Waals surface area contributed by atoms with E-state index in [-0.39, 0.29) is 0 Å². The second-order valence-electron chi connectivity index (χ2n) is 5.45. The zero-order chi connectivity index (χ0) is 11.7. The SMILES string of the molecule is CC(C)Cn1c(C(C)C)nc2c1CCNC2. The molecule has 0 amide bonds. The van der Waals surface area contributed by atoms with Crippen LogP contribution in [0.3, 0.4) is 0 Å². The molecule has 16 heavy (non-hydrogen) atoms. The number of rotatable bonds is 3. The molecular formula is C13H23N3. The lowest BCUT2D eigenvalue weighted by Crippen LogP contribution is -2.25. The average Bonchev–Trinajstić information content (AvgIpc) is 2.57. The van der Waals surface area contributed by atoms with Gasteiger partial charge in [-0.15, -0.1) is 0 Å². The fourth-order valence-corrected chi connectivity index (χ4v) is 2.40. The van der Waals surface area contributed by atoms with Gasteiger partial charge in [-0.3, -0.25) is 0 Å². The Kier molecular flexibility index (Phi) is 3.33. The molecule has 2 heterocycles. The highest BCUT2D eigenvalue weighted by Crippen LogP contribution is 2.22. The highest BCUT2D eigenvalue weighted by molar-refractivity contribution is 5.21. The summed E-state index contributed by atoms with van der Waals surface area (Å²) in [4.78, 5) is 4.80. The molecule has 0 spiro atoms. The second kappa shape index (κ2) is 4.58. The molecule has 1 aromatic heterocycles. The molecule has 0 bridgehead atoms. The van der Waals surface area contributed by atoms with E-state index < -0.39 is 0 Å². The minimum Gasteiger partial charge on any atom is -0.331 e. The molecule has 0 atom stereocenters. The minimum atomic E-state index is 0.518. The van der Waals surface area contributed by atoms with Crippen molar-refractivity contribution in [1.29, 1.82) is 0 Å². The van der Waals surface area contributed by atoms with E-state index in [1.807, 2.05) is 0 Å². The topological polar surface area (TPSA) is 29.9 Å². The van der Waals surface area contributed by atoms with Crippen LogP contribution in [0.1, 0.15) is 50.8 Å². The first kappa shape index (κ1) is 11.6. The standard InChI is InChI=1S/C13H23N3/c1-9(2)8-16-12-5-6-14-7-11(12)15-13(16)10(3)4/h9-10,14H,5-8H2,1-4H3. The largest absolute Gasteiger partial charge is 0.331 e. The van der Waals surface area contributed by atoms with Crippen molar-refractivity contribution in [3.05, 3.63) is 17.2 Å². The highest BCUT2D eigenvalue weighted by atomic mass is 15.1. The van der Waals surface area contributed by atoms with Gasteiger partial charge < -0.3 is 9.88 Å².